The fourth-order valence-corrected chi connectivity index (χ4v) is 2.93. The summed E-state index contributed by atoms with van der Waals surface area (Å²) >= 11 is 0. The smallest absolute Gasteiger partial charge is 0.410 e. The van der Waals surface area contributed by atoms with Crippen LogP contribution in [-0.2, 0) is 4.74 Å². The average Bonchev–Trinajstić information content (AvgIpc) is 2.72. The minimum atomic E-state index is -0.413. The molecule has 1 amide bonds. The van der Waals surface area contributed by atoms with E-state index in [9.17, 15) is 4.79 Å². The Kier molecular flexibility index (Phi) is 5.65. The van der Waals surface area contributed by atoms with Crippen molar-refractivity contribution in [2.24, 2.45) is 23.5 Å². The SMILES string of the molecule is CC(C)C(CCN)C1CCN(C(=O)OC(C)(C)C)C1. The number of carbonyl (C=O) groups is 1. The summed E-state index contributed by atoms with van der Waals surface area (Å²) in [5.74, 6) is 1.79. The van der Waals surface area contributed by atoms with E-state index in [0.29, 0.717) is 17.8 Å². The van der Waals surface area contributed by atoms with Gasteiger partial charge in [0, 0.05) is 13.1 Å². The number of hydrogen-bond acceptors (Lipinski definition) is 3. The molecule has 1 rings (SSSR count). The quantitative estimate of drug-likeness (QED) is 0.854. The zero-order chi connectivity index (χ0) is 14.6. The molecule has 19 heavy (non-hydrogen) atoms. The standard InChI is InChI=1S/C15H30N2O2/c1-11(2)13(6-8-16)12-7-9-17(10-12)14(18)19-15(3,4)5/h11-13H,6-10,16H2,1-5H3. The van der Waals surface area contributed by atoms with E-state index in [1.807, 2.05) is 25.7 Å². The monoisotopic (exact) mass is 270 g/mol. The second-order valence-corrected chi connectivity index (χ2v) is 6.96. The molecule has 1 heterocycles. The number of carbonyl (C=O) groups excluding carboxylic acids is 1. The highest BCUT2D eigenvalue weighted by Crippen LogP contribution is 2.32. The zero-order valence-corrected chi connectivity index (χ0v) is 13.1. The van der Waals surface area contributed by atoms with Crippen molar-refractivity contribution in [3.8, 4) is 0 Å². The number of nitrogens with zero attached hydrogens (tertiary/aromatic N) is 1. The molecular weight excluding hydrogens is 240 g/mol. The minimum Gasteiger partial charge on any atom is -0.444 e. The van der Waals surface area contributed by atoms with Gasteiger partial charge in [-0.3, -0.25) is 0 Å². The lowest BCUT2D eigenvalue weighted by molar-refractivity contribution is 0.0280. The largest absolute Gasteiger partial charge is 0.444 e. The van der Waals surface area contributed by atoms with E-state index in [-0.39, 0.29) is 6.09 Å². The Hall–Kier alpha value is -0.770. The molecule has 0 bridgehead atoms. The fraction of sp³-hybridized carbons (Fsp3) is 0.933. The fourth-order valence-electron chi connectivity index (χ4n) is 2.93. The summed E-state index contributed by atoms with van der Waals surface area (Å²) in [4.78, 5) is 13.9. The first-order valence-corrected chi connectivity index (χ1v) is 7.42. The molecule has 4 heteroatoms. The molecule has 0 saturated carbocycles. The van der Waals surface area contributed by atoms with Crippen LogP contribution in [0.25, 0.3) is 0 Å². The number of rotatable bonds is 4. The Balaban J connectivity index is 2.54. The van der Waals surface area contributed by atoms with Crippen LogP contribution < -0.4 is 5.73 Å². The Labute approximate surface area is 117 Å². The Morgan fingerprint density at radius 3 is 2.53 bits per heavy atom. The number of hydrogen-bond donors (Lipinski definition) is 1. The third-order valence-electron chi connectivity index (χ3n) is 3.84. The van der Waals surface area contributed by atoms with Gasteiger partial charge in [0.25, 0.3) is 0 Å². The summed E-state index contributed by atoms with van der Waals surface area (Å²) in [6, 6.07) is 0. The molecule has 0 aromatic rings. The Morgan fingerprint density at radius 1 is 1.42 bits per heavy atom. The van der Waals surface area contributed by atoms with E-state index < -0.39 is 5.60 Å². The van der Waals surface area contributed by atoms with Crippen LogP contribution in [0.1, 0.15) is 47.5 Å². The first kappa shape index (κ1) is 16.3. The Morgan fingerprint density at radius 2 is 2.05 bits per heavy atom. The first-order valence-electron chi connectivity index (χ1n) is 7.42. The third-order valence-corrected chi connectivity index (χ3v) is 3.84. The van der Waals surface area contributed by atoms with Crippen molar-refractivity contribution in [3.63, 3.8) is 0 Å². The van der Waals surface area contributed by atoms with Crippen LogP contribution in [0.5, 0.6) is 0 Å². The molecule has 1 aliphatic rings. The van der Waals surface area contributed by atoms with Gasteiger partial charge < -0.3 is 15.4 Å². The molecule has 1 aliphatic heterocycles. The van der Waals surface area contributed by atoms with Crippen LogP contribution in [0.3, 0.4) is 0 Å². The lowest BCUT2D eigenvalue weighted by atomic mass is 9.80. The topological polar surface area (TPSA) is 55.6 Å². The summed E-state index contributed by atoms with van der Waals surface area (Å²) < 4.78 is 5.43. The molecule has 2 unspecified atom stereocenters. The van der Waals surface area contributed by atoms with Crippen molar-refractivity contribution in [1.29, 1.82) is 0 Å². The van der Waals surface area contributed by atoms with E-state index in [2.05, 4.69) is 13.8 Å². The lowest BCUT2D eigenvalue weighted by Gasteiger charge is -2.28. The molecule has 2 atom stereocenters. The van der Waals surface area contributed by atoms with Crippen molar-refractivity contribution >= 4 is 6.09 Å². The van der Waals surface area contributed by atoms with Gasteiger partial charge in [-0.1, -0.05) is 13.8 Å². The predicted octanol–water partition coefficient (Wildman–Crippen LogP) is 2.86. The molecule has 2 N–H and O–H groups in total. The van der Waals surface area contributed by atoms with Crippen LogP contribution in [-0.4, -0.2) is 36.2 Å². The molecule has 0 spiro atoms. The highest BCUT2D eigenvalue weighted by atomic mass is 16.6. The molecule has 1 saturated heterocycles. The van der Waals surface area contributed by atoms with Crippen LogP contribution in [0, 0.1) is 17.8 Å². The van der Waals surface area contributed by atoms with E-state index in [0.717, 1.165) is 32.5 Å². The zero-order valence-electron chi connectivity index (χ0n) is 13.1. The van der Waals surface area contributed by atoms with Crippen molar-refractivity contribution < 1.29 is 9.53 Å². The highest BCUT2D eigenvalue weighted by molar-refractivity contribution is 5.68. The first-order chi connectivity index (χ1) is 8.74. The van der Waals surface area contributed by atoms with Crippen LogP contribution in [0.2, 0.25) is 0 Å². The van der Waals surface area contributed by atoms with Crippen LogP contribution in [0.4, 0.5) is 4.79 Å². The van der Waals surface area contributed by atoms with Gasteiger partial charge in [0.2, 0.25) is 0 Å². The molecule has 0 aromatic heterocycles. The van der Waals surface area contributed by atoms with Crippen LogP contribution in [0.15, 0.2) is 0 Å². The molecule has 0 aromatic carbocycles. The van der Waals surface area contributed by atoms with Crippen molar-refractivity contribution in [3.05, 3.63) is 0 Å². The maximum atomic E-state index is 12.0. The van der Waals surface area contributed by atoms with Gasteiger partial charge in [0.1, 0.15) is 5.60 Å². The summed E-state index contributed by atoms with van der Waals surface area (Å²) in [7, 11) is 0. The number of nitrogens with two attached hydrogens (primary N) is 1. The van der Waals surface area contributed by atoms with Gasteiger partial charge >= 0.3 is 6.09 Å². The van der Waals surface area contributed by atoms with Crippen molar-refractivity contribution in [2.75, 3.05) is 19.6 Å². The van der Waals surface area contributed by atoms with E-state index in [1.165, 1.54) is 0 Å². The van der Waals surface area contributed by atoms with E-state index in [4.69, 9.17) is 10.5 Å². The van der Waals surface area contributed by atoms with Gasteiger partial charge in [-0.2, -0.15) is 0 Å². The van der Waals surface area contributed by atoms with Crippen molar-refractivity contribution in [1.82, 2.24) is 4.90 Å². The molecule has 1 fully saturated rings. The second-order valence-electron chi connectivity index (χ2n) is 6.96. The van der Waals surface area contributed by atoms with E-state index in [1.54, 1.807) is 0 Å². The summed E-state index contributed by atoms with van der Waals surface area (Å²) in [6.45, 7) is 12.6. The van der Waals surface area contributed by atoms with Crippen LogP contribution >= 0.6 is 0 Å². The van der Waals surface area contributed by atoms with Gasteiger partial charge in [0.15, 0.2) is 0 Å². The summed E-state index contributed by atoms with van der Waals surface area (Å²) in [5.41, 5.74) is 5.29. The summed E-state index contributed by atoms with van der Waals surface area (Å²) in [6.07, 6.45) is 1.94. The lowest BCUT2D eigenvalue weighted by Crippen LogP contribution is -2.36. The molecule has 4 nitrogen and oxygen atoms in total. The van der Waals surface area contributed by atoms with Crippen molar-refractivity contribution in [2.45, 2.75) is 53.1 Å². The number of amides is 1. The predicted molar refractivity (Wildman–Crippen MR) is 77.9 cm³/mol. The maximum absolute atomic E-state index is 12.0. The third kappa shape index (κ3) is 5.01. The Bertz CT molecular complexity index is 297. The highest BCUT2D eigenvalue weighted by Gasteiger charge is 2.34. The maximum Gasteiger partial charge on any atom is 0.410 e. The van der Waals surface area contributed by atoms with E-state index >= 15 is 0 Å². The van der Waals surface area contributed by atoms with Gasteiger partial charge in [-0.05, 0) is 57.9 Å². The average molecular weight is 270 g/mol. The van der Waals surface area contributed by atoms with Gasteiger partial charge in [0.05, 0.1) is 0 Å². The molecular formula is C15H30N2O2. The molecule has 0 aliphatic carbocycles. The minimum absolute atomic E-state index is 0.176. The second kappa shape index (κ2) is 6.60. The number of likely N-dealkylation sites (tertiary alicyclic amines) is 1. The van der Waals surface area contributed by atoms with Gasteiger partial charge in [-0.25, -0.2) is 4.79 Å². The molecule has 112 valence electrons. The number of ether oxygens (including phenoxy) is 1. The van der Waals surface area contributed by atoms with Gasteiger partial charge in [-0.15, -0.1) is 0 Å². The normalized spacial score (nSPS) is 21.8. The molecule has 0 radical (unpaired) electrons. The summed E-state index contributed by atoms with van der Waals surface area (Å²) in [5, 5.41) is 0.